The van der Waals surface area contributed by atoms with Crippen molar-refractivity contribution in [3.63, 3.8) is 0 Å². The summed E-state index contributed by atoms with van der Waals surface area (Å²) >= 11 is 15.2. The van der Waals surface area contributed by atoms with Crippen LogP contribution in [0.15, 0.2) is 19.6 Å². The third-order valence-corrected chi connectivity index (χ3v) is 4.61. The molecule has 22 heteroatoms. The van der Waals surface area contributed by atoms with E-state index >= 15 is 0 Å². The molecule has 0 saturated heterocycles. The molecular formula is C20H24F8N4O4S4Zn2-4. The first-order chi connectivity index (χ1) is 18.2. The topological polar surface area (TPSA) is 174 Å². The Bertz CT molecular complexity index is 796. The fourth-order valence-corrected chi connectivity index (χ4v) is 1.95. The minimum atomic E-state index is -1.92. The molecule has 0 aliphatic rings. The molecule has 0 aromatic heterocycles. The summed E-state index contributed by atoms with van der Waals surface area (Å²) in [6.07, 6.45) is 0. The van der Waals surface area contributed by atoms with Gasteiger partial charge >= 0.3 is 0 Å². The van der Waals surface area contributed by atoms with E-state index in [2.05, 4.69) is 50.5 Å². The average molecular weight is 795 g/mol. The number of halogens is 8. The molecule has 2 rings (SSSR count). The van der Waals surface area contributed by atoms with Gasteiger partial charge in [-0.1, -0.05) is 0 Å². The van der Waals surface area contributed by atoms with Crippen molar-refractivity contribution < 1.29 is 93.9 Å². The van der Waals surface area contributed by atoms with Crippen LogP contribution in [0.3, 0.4) is 0 Å². The van der Waals surface area contributed by atoms with E-state index in [1.165, 1.54) is 0 Å². The second-order valence-electron chi connectivity index (χ2n) is 5.98. The van der Waals surface area contributed by atoms with Crippen LogP contribution in [0.4, 0.5) is 35.1 Å². The Morgan fingerprint density at radius 1 is 0.619 bits per heavy atom. The van der Waals surface area contributed by atoms with Crippen molar-refractivity contribution in [2.45, 2.75) is 33.4 Å². The van der Waals surface area contributed by atoms with Gasteiger partial charge in [0.25, 0.3) is 11.9 Å². The predicted octanol–water partition coefficient (Wildman–Crippen LogP) is 5.05. The number of thiol groups is 2. The zero-order valence-electron chi connectivity index (χ0n) is 21.8. The monoisotopic (exact) mass is 792 g/mol. The molecule has 0 heterocycles. The van der Waals surface area contributed by atoms with E-state index in [9.17, 15) is 35.1 Å². The number of aliphatic carboxylic acids is 2. The Labute approximate surface area is 283 Å². The first-order valence-electron chi connectivity index (χ1n) is 9.75. The number of hydrogen-bond acceptors (Lipinski definition) is 8. The van der Waals surface area contributed by atoms with Crippen molar-refractivity contribution in [3.8, 4) is 0 Å². The van der Waals surface area contributed by atoms with Crippen LogP contribution in [0.2, 0.25) is 0 Å². The summed E-state index contributed by atoms with van der Waals surface area (Å²) in [4.78, 5) is 15.1. The predicted molar refractivity (Wildman–Crippen MR) is 141 cm³/mol. The molecule has 0 unspecified atom stereocenters. The standard InChI is InChI=1S/2C6H2F4S2.C2H8N2.C2H6N2.2C2H4O2.2Zn/c2*7-1-2(8)4(10)6(12)5(11)3(1)9;2*3-1-2-4;2*1-2(3)4;;/h2*11-12H;1-4H2;3-4H,1-2H2;2*1H3,(H,3,4);;/q;;;-2;;;;/p-2. The minimum Gasteiger partial charge on any atom is -0.778 e. The number of rotatable bonds is 2. The molecule has 8 N–H and O–H groups in total. The Hall–Kier alpha value is -0.953. The molecule has 0 bridgehead atoms. The molecule has 0 saturated carbocycles. The van der Waals surface area contributed by atoms with Gasteiger partial charge in [0.05, 0.1) is 9.79 Å². The Balaban J connectivity index is -0.000000100. The van der Waals surface area contributed by atoms with Gasteiger partial charge in [0, 0.05) is 65.9 Å². The molecule has 236 valence electrons. The van der Waals surface area contributed by atoms with Gasteiger partial charge < -0.3 is 58.4 Å². The molecule has 0 radical (unpaired) electrons. The fourth-order valence-electron chi connectivity index (χ4n) is 1.20. The van der Waals surface area contributed by atoms with Gasteiger partial charge in [0.1, 0.15) is 11.6 Å². The van der Waals surface area contributed by atoms with Gasteiger partial charge in [-0.05, 0) is 0 Å². The Kier molecular flexibility index (Phi) is 38.4. The van der Waals surface area contributed by atoms with Crippen molar-refractivity contribution >= 4 is 62.5 Å². The van der Waals surface area contributed by atoms with E-state index in [-0.39, 0.29) is 52.0 Å². The number of carboxylic acid groups (broad SMARTS) is 2. The molecule has 8 nitrogen and oxygen atoms in total. The van der Waals surface area contributed by atoms with Gasteiger partial charge in [-0.15, -0.1) is 25.3 Å². The van der Waals surface area contributed by atoms with Crippen molar-refractivity contribution in [1.29, 1.82) is 0 Å². The number of nitrogens with one attached hydrogen (secondary N) is 2. The molecule has 42 heavy (non-hydrogen) atoms. The number of hydrogen-bond donors (Lipinski definition) is 6. The molecule has 0 atom stereocenters. The molecule has 0 amide bonds. The van der Waals surface area contributed by atoms with Gasteiger partial charge in [-0.3, -0.25) is 9.59 Å². The van der Waals surface area contributed by atoms with Crippen LogP contribution in [0.5, 0.6) is 0 Å². The van der Waals surface area contributed by atoms with Crippen molar-refractivity contribution in [2.24, 2.45) is 11.5 Å². The van der Waals surface area contributed by atoms with Gasteiger partial charge in [-0.25, -0.2) is 35.1 Å². The van der Waals surface area contributed by atoms with E-state index in [4.69, 9.17) is 42.7 Å². The Morgan fingerprint density at radius 3 is 0.929 bits per heavy atom. The number of carbonyl (C=O) groups is 2. The van der Waals surface area contributed by atoms with E-state index in [1.54, 1.807) is 0 Å². The molecule has 2 aromatic carbocycles. The fraction of sp³-hybridized carbons (Fsp3) is 0.300. The summed E-state index contributed by atoms with van der Waals surface area (Å²) in [5, 5.41) is 14.8. The van der Waals surface area contributed by atoms with Gasteiger partial charge in [-0.2, -0.15) is 22.9 Å². The number of carboxylic acids is 2. The first kappa shape index (κ1) is 53.6. The number of nitrogens with two attached hydrogens (primary N) is 2. The number of benzene rings is 2. The summed E-state index contributed by atoms with van der Waals surface area (Å²) < 4.78 is 99.4. The van der Waals surface area contributed by atoms with E-state index in [1.807, 2.05) is 0 Å². The summed E-state index contributed by atoms with van der Waals surface area (Å²) in [7, 11) is 0. The van der Waals surface area contributed by atoms with Crippen LogP contribution >= 0.6 is 25.3 Å². The maximum Gasteiger partial charge on any atom is 0.300 e. The van der Waals surface area contributed by atoms with Crippen LogP contribution < -0.4 is 11.5 Å². The molecular weight excluding hydrogens is 771 g/mol. The minimum absolute atomic E-state index is 0. The average Bonchev–Trinajstić information content (AvgIpc) is 2.90. The third-order valence-electron chi connectivity index (χ3n) is 2.69. The van der Waals surface area contributed by atoms with Crippen LogP contribution in [0.25, 0.3) is 11.5 Å². The molecule has 0 spiro atoms. The van der Waals surface area contributed by atoms with E-state index < -0.39 is 78.1 Å². The second kappa shape index (κ2) is 30.1. The molecule has 2 aromatic rings. The van der Waals surface area contributed by atoms with Crippen LogP contribution in [-0.4, -0.2) is 48.3 Å². The summed E-state index contributed by atoms with van der Waals surface area (Å²) in [6.45, 7) is 3.83. The van der Waals surface area contributed by atoms with Crippen molar-refractivity contribution in [3.05, 3.63) is 58.0 Å². The van der Waals surface area contributed by atoms with Crippen LogP contribution in [0, 0.1) is 46.5 Å². The summed E-state index contributed by atoms with van der Waals surface area (Å²) in [6, 6.07) is 0. The van der Waals surface area contributed by atoms with Gasteiger partial charge in [0.15, 0.2) is 34.9 Å². The van der Waals surface area contributed by atoms with E-state index in [0.29, 0.717) is 13.1 Å². The van der Waals surface area contributed by atoms with Crippen LogP contribution in [-0.2, 0) is 73.8 Å². The SMILES string of the molecule is CC(=O)O.CC(=O)O.Fc1c(F)c(F)c(S)c(S)c1F.Fc1c(F)c(F)c([S-])c([S-])c1F.NCCN.[NH-]CC[NH-].[Zn].[Zn]. The maximum atomic E-state index is 12.5. The largest absolute Gasteiger partial charge is 0.778 e. The smallest absolute Gasteiger partial charge is 0.300 e. The molecule has 0 fully saturated rings. The molecule has 0 aliphatic carbocycles. The van der Waals surface area contributed by atoms with Crippen LogP contribution in [0.1, 0.15) is 13.8 Å². The van der Waals surface area contributed by atoms with Crippen molar-refractivity contribution in [1.82, 2.24) is 0 Å². The molecule has 0 aliphatic heterocycles. The first-order valence-corrected chi connectivity index (χ1v) is 11.5. The Morgan fingerprint density at radius 2 is 0.786 bits per heavy atom. The second-order valence-corrected chi connectivity index (χ2v) is 7.69. The van der Waals surface area contributed by atoms with E-state index in [0.717, 1.165) is 13.8 Å². The quantitative estimate of drug-likeness (QED) is 0.0612. The summed E-state index contributed by atoms with van der Waals surface area (Å²) in [5.41, 5.74) is 22.3. The normalized spacial score (nSPS) is 8.57. The van der Waals surface area contributed by atoms with Gasteiger partial charge in [0.2, 0.25) is 0 Å². The van der Waals surface area contributed by atoms with Crippen molar-refractivity contribution in [2.75, 3.05) is 26.2 Å². The maximum absolute atomic E-state index is 12.5. The third kappa shape index (κ3) is 23.5. The summed E-state index contributed by atoms with van der Waals surface area (Å²) in [5.74, 6) is -15.6. The zero-order valence-corrected chi connectivity index (χ0v) is 31.2. The zero-order chi connectivity index (χ0) is 32.9.